The van der Waals surface area contributed by atoms with Crippen LogP contribution in [0, 0.1) is 5.82 Å². The van der Waals surface area contributed by atoms with E-state index in [0.29, 0.717) is 12.4 Å². The molecule has 0 saturated carbocycles. The maximum absolute atomic E-state index is 13.3. The van der Waals surface area contributed by atoms with Gasteiger partial charge >= 0.3 is 0 Å². The molecule has 0 saturated heterocycles. The van der Waals surface area contributed by atoms with E-state index in [1.807, 2.05) is 6.92 Å². The molecule has 2 heterocycles. The number of rotatable bonds is 4. The first-order valence-electron chi connectivity index (χ1n) is 5.21. The van der Waals surface area contributed by atoms with Gasteiger partial charge in [0.2, 0.25) is 0 Å². The fourth-order valence-electron chi connectivity index (χ4n) is 1.53. The molecule has 0 aliphatic rings. The molecule has 0 spiro atoms. The van der Waals surface area contributed by atoms with Gasteiger partial charge in [-0.2, -0.15) is 5.10 Å². The molecule has 2 rings (SSSR count). The van der Waals surface area contributed by atoms with E-state index in [9.17, 15) is 9.18 Å². The van der Waals surface area contributed by atoms with Gasteiger partial charge < -0.3 is 0 Å². The first kappa shape index (κ1) is 11.4. The lowest BCUT2D eigenvalue weighted by Crippen LogP contribution is -2.12. The Bertz CT molecular complexity index is 538. The summed E-state index contributed by atoms with van der Waals surface area (Å²) in [6.45, 7) is 2.52. The Kier molecular flexibility index (Phi) is 3.22. The molecule has 0 fully saturated rings. The second-order valence-corrected chi connectivity index (χ2v) is 3.45. The van der Waals surface area contributed by atoms with Crippen LogP contribution in [0.4, 0.5) is 4.39 Å². The van der Waals surface area contributed by atoms with Gasteiger partial charge in [0.05, 0.1) is 18.2 Å². The smallest absolute Gasteiger partial charge is 0.173 e. The van der Waals surface area contributed by atoms with E-state index in [1.165, 1.54) is 18.6 Å². The number of halogens is 1. The number of aromatic nitrogens is 4. The second-order valence-electron chi connectivity index (χ2n) is 3.45. The van der Waals surface area contributed by atoms with Gasteiger partial charge in [-0.1, -0.05) is 0 Å². The van der Waals surface area contributed by atoms with Crippen LogP contribution in [0.25, 0.3) is 0 Å². The molecule has 0 aliphatic heterocycles. The number of carbonyl (C=O) groups is 1. The quantitative estimate of drug-likeness (QED) is 0.747. The van der Waals surface area contributed by atoms with Crippen molar-refractivity contribution in [3.63, 3.8) is 0 Å². The summed E-state index contributed by atoms with van der Waals surface area (Å²) in [5.41, 5.74) is 0.0330. The molecule has 6 heteroatoms. The molecule has 0 N–H and O–H groups in total. The molecule has 17 heavy (non-hydrogen) atoms. The lowest BCUT2D eigenvalue weighted by Gasteiger charge is -2.03. The fraction of sp³-hybridized carbons (Fsp3) is 0.273. The molecular formula is C11H11FN4O. The van der Waals surface area contributed by atoms with Gasteiger partial charge in [0, 0.05) is 12.7 Å². The zero-order valence-electron chi connectivity index (χ0n) is 9.30. The predicted molar refractivity (Wildman–Crippen MR) is 57.9 cm³/mol. The zero-order valence-corrected chi connectivity index (χ0v) is 9.30. The van der Waals surface area contributed by atoms with Crippen LogP contribution in [0.2, 0.25) is 0 Å². The summed E-state index contributed by atoms with van der Waals surface area (Å²) >= 11 is 0. The van der Waals surface area contributed by atoms with E-state index in [0.717, 1.165) is 6.20 Å². The lowest BCUT2D eigenvalue weighted by atomic mass is 10.1. The molecule has 0 unspecified atom stereocenters. The van der Waals surface area contributed by atoms with Crippen molar-refractivity contribution in [3.05, 3.63) is 42.0 Å². The zero-order chi connectivity index (χ0) is 12.3. The number of hydrogen-bond acceptors (Lipinski definition) is 4. The van der Waals surface area contributed by atoms with Crippen molar-refractivity contribution < 1.29 is 9.18 Å². The SMILES string of the molecule is CCn1ncnc1CC(=O)c1ccncc1F. The molecule has 0 aromatic carbocycles. The Morgan fingerprint density at radius 1 is 1.53 bits per heavy atom. The van der Waals surface area contributed by atoms with Crippen LogP contribution in [0.5, 0.6) is 0 Å². The third-order valence-electron chi connectivity index (χ3n) is 2.39. The van der Waals surface area contributed by atoms with Crippen molar-refractivity contribution in [2.45, 2.75) is 19.9 Å². The number of nitrogens with zero attached hydrogens (tertiary/aromatic N) is 4. The normalized spacial score (nSPS) is 10.5. The number of pyridine rings is 1. The van der Waals surface area contributed by atoms with Crippen molar-refractivity contribution >= 4 is 5.78 Å². The van der Waals surface area contributed by atoms with E-state index in [-0.39, 0.29) is 17.8 Å². The first-order chi connectivity index (χ1) is 8.22. The Hall–Kier alpha value is -2.11. The molecule has 0 radical (unpaired) electrons. The van der Waals surface area contributed by atoms with Crippen LogP contribution in [-0.2, 0) is 13.0 Å². The minimum atomic E-state index is -0.611. The van der Waals surface area contributed by atoms with Gasteiger partial charge in [0.1, 0.15) is 12.2 Å². The van der Waals surface area contributed by atoms with Crippen LogP contribution in [0.15, 0.2) is 24.8 Å². The van der Waals surface area contributed by atoms with Gasteiger partial charge in [-0.05, 0) is 13.0 Å². The average Bonchev–Trinajstić information content (AvgIpc) is 2.76. The summed E-state index contributed by atoms with van der Waals surface area (Å²) in [6.07, 6.45) is 3.84. The van der Waals surface area contributed by atoms with Crippen molar-refractivity contribution in [1.29, 1.82) is 0 Å². The topological polar surface area (TPSA) is 60.7 Å². The van der Waals surface area contributed by atoms with E-state index in [2.05, 4.69) is 15.1 Å². The van der Waals surface area contributed by atoms with E-state index < -0.39 is 5.82 Å². The van der Waals surface area contributed by atoms with E-state index in [1.54, 1.807) is 4.68 Å². The van der Waals surface area contributed by atoms with Crippen LogP contribution in [-0.4, -0.2) is 25.5 Å². The van der Waals surface area contributed by atoms with Crippen LogP contribution < -0.4 is 0 Å². The average molecular weight is 234 g/mol. The monoisotopic (exact) mass is 234 g/mol. The molecule has 5 nitrogen and oxygen atoms in total. The first-order valence-corrected chi connectivity index (χ1v) is 5.21. The summed E-state index contributed by atoms with van der Waals surface area (Å²) in [5, 5.41) is 3.95. The number of ketones is 1. The third-order valence-corrected chi connectivity index (χ3v) is 2.39. The summed E-state index contributed by atoms with van der Waals surface area (Å²) < 4.78 is 14.9. The van der Waals surface area contributed by atoms with Crippen LogP contribution in [0.1, 0.15) is 23.1 Å². The molecule has 0 atom stereocenters. The Morgan fingerprint density at radius 2 is 2.35 bits per heavy atom. The molecule has 88 valence electrons. The van der Waals surface area contributed by atoms with E-state index in [4.69, 9.17) is 0 Å². The number of aryl methyl sites for hydroxylation is 1. The molecule has 0 bridgehead atoms. The standard InChI is InChI=1S/C11H11FN4O/c1-2-16-11(14-7-15-16)5-10(17)8-3-4-13-6-9(8)12/h3-4,6-7H,2,5H2,1H3. The molecular weight excluding hydrogens is 223 g/mol. The Balaban J connectivity index is 2.20. The Labute approximate surface area is 97.3 Å². The molecule has 2 aromatic heterocycles. The van der Waals surface area contributed by atoms with Gasteiger partial charge in [-0.25, -0.2) is 14.1 Å². The summed E-state index contributed by atoms with van der Waals surface area (Å²) in [7, 11) is 0. The predicted octanol–water partition coefficient (Wildman–Crippen LogP) is 1.26. The van der Waals surface area contributed by atoms with E-state index >= 15 is 0 Å². The van der Waals surface area contributed by atoms with Crippen LogP contribution in [0.3, 0.4) is 0 Å². The molecule has 0 aliphatic carbocycles. The number of hydrogen-bond donors (Lipinski definition) is 0. The summed E-state index contributed by atoms with van der Waals surface area (Å²) in [5.74, 6) is -0.402. The van der Waals surface area contributed by atoms with Crippen molar-refractivity contribution in [1.82, 2.24) is 19.7 Å². The summed E-state index contributed by atoms with van der Waals surface area (Å²) in [6, 6.07) is 1.37. The second kappa shape index (κ2) is 4.82. The molecule has 0 amide bonds. The lowest BCUT2D eigenvalue weighted by molar-refractivity contribution is 0.0985. The largest absolute Gasteiger partial charge is 0.294 e. The highest BCUT2D eigenvalue weighted by Gasteiger charge is 2.15. The Morgan fingerprint density at radius 3 is 3.06 bits per heavy atom. The minimum Gasteiger partial charge on any atom is -0.294 e. The highest BCUT2D eigenvalue weighted by Crippen LogP contribution is 2.08. The maximum atomic E-state index is 13.3. The van der Waals surface area contributed by atoms with Crippen molar-refractivity contribution in [3.8, 4) is 0 Å². The highest BCUT2D eigenvalue weighted by atomic mass is 19.1. The van der Waals surface area contributed by atoms with Crippen molar-refractivity contribution in [2.75, 3.05) is 0 Å². The highest BCUT2D eigenvalue weighted by molar-refractivity contribution is 5.97. The number of Topliss-reactive ketones (excluding diaryl/α,β-unsaturated/α-hetero) is 1. The third kappa shape index (κ3) is 2.35. The van der Waals surface area contributed by atoms with Crippen molar-refractivity contribution in [2.24, 2.45) is 0 Å². The van der Waals surface area contributed by atoms with Gasteiger partial charge in [0.25, 0.3) is 0 Å². The molecule has 2 aromatic rings. The van der Waals surface area contributed by atoms with Gasteiger partial charge in [-0.3, -0.25) is 9.78 Å². The summed E-state index contributed by atoms with van der Waals surface area (Å²) in [4.78, 5) is 19.4. The minimum absolute atomic E-state index is 0.0330. The fourth-order valence-corrected chi connectivity index (χ4v) is 1.53. The maximum Gasteiger partial charge on any atom is 0.173 e. The number of carbonyl (C=O) groups excluding carboxylic acids is 1. The van der Waals surface area contributed by atoms with Crippen LogP contribution >= 0.6 is 0 Å². The van der Waals surface area contributed by atoms with Gasteiger partial charge in [-0.15, -0.1) is 0 Å². The van der Waals surface area contributed by atoms with Gasteiger partial charge in [0.15, 0.2) is 11.6 Å².